The van der Waals surface area contributed by atoms with E-state index in [2.05, 4.69) is 54.7 Å². The Morgan fingerprint density at radius 1 is 1.00 bits per heavy atom. The highest BCUT2D eigenvalue weighted by molar-refractivity contribution is 5.33. The summed E-state index contributed by atoms with van der Waals surface area (Å²) in [6.45, 7) is 3.28. The van der Waals surface area contributed by atoms with Crippen molar-refractivity contribution in [2.45, 2.75) is 32.2 Å². The third kappa shape index (κ3) is 5.24. The summed E-state index contributed by atoms with van der Waals surface area (Å²) in [6, 6.07) is 19.4. The molecule has 112 valence electrons. The Hall–Kier alpha value is -1.80. The summed E-state index contributed by atoms with van der Waals surface area (Å²) in [7, 11) is 1.73. The molecule has 0 bridgehead atoms. The van der Waals surface area contributed by atoms with Crippen molar-refractivity contribution in [1.82, 2.24) is 5.32 Å². The fourth-order valence-corrected chi connectivity index (χ4v) is 2.56. The maximum atomic E-state index is 5.40. The molecule has 1 N–H and O–H groups in total. The number of nitrogens with one attached hydrogen (secondary N) is 1. The van der Waals surface area contributed by atoms with Crippen LogP contribution < -0.4 is 10.1 Å². The summed E-state index contributed by atoms with van der Waals surface area (Å²) in [4.78, 5) is 0. The van der Waals surface area contributed by atoms with Gasteiger partial charge in [0, 0.05) is 6.04 Å². The molecule has 0 fully saturated rings. The summed E-state index contributed by atoms with van der Waals surface area (Å²) < 4.78 is 5.40. The average molecular weight is 283 g/mol. The van der Waals surface area contributed by atoms with E-state index in [4.69, 9.17) is 4.74 Å². The minimum absolute atomic E-state index is 0.456. The van der Waals surface area contributed by atoms with Crippen LogP contribution in [-0.4, -0.2) is 19.7 Å². The van der Waals surface area contributed by atoms with Gasteiger partial charge in [0.2, 0.25) is 0 Å². The van der Waals surface area contributed by atoms with Gasteiger partial charge in [0.1, 0.15) is 5.75 Å². The van der Waals surface area contributed by atoms with Gasteiger partial charge in [0.15, 0.2) is 0 Å². The van der Waals surface area contributed by atoms with Crippen molar-refractivity contribution in [3.63, 3.8) is 0 Å². The summed E-state index contributed by atoms with van der Waals surface area (Å²) in [5.74, 6) is 0.982. The number of para-hydroxylation sites is 1. The summed E-state index contributed by atoms with van der Waals surface area (Å²) in [5.41, 5.74) is 2.68. The molecule has 0 amide bonds. The Kier molecular flexibility index (Phi) is 6.29. The molecule has 0 aliphatic carbocycles. The first-order chi connectivity index (χ1) is 10.3. The Labute approximate surface area is 128 Å². The third-order valence-electron chi connectivity index (χ3n) is 3.70. The van der Waals surface area contributed by atoms with Gasteiger partial charge in [-0.1, -0.05) is 48.5 Å². The van der Waals surface area contributed by atoms with E-state index >= 15 is 0 Å². The van der Waals surface area contributed by atoms with Crippen LogP contribution in [0, 0.1) is 0 Å². The molecule has 0 heterocycles. The van der Waals surface area contributed by atoms with Gasteiger partial charge in [-0.15, -0.1) is 0 Å². The van der Waals surface area contributed by atoms with Crippen molar-refractivity contribution in [1.29, 1.82) is 0 Å². The highest BCUT2D eigenvalue weighted by atomic mass is 16.5. The van der Waals surface area contributed by atoms with Crippen LogP contribution in [0.1, 0.15) is 24.5 Å². The van der Waals surface area contributed by atoms with Gasteiger partial charge in [0.05, 0.1) is 7.11 Å². The first-order valence-corrected chi connectivity index (χ1v) is 7.69. The Morgan fingerprint density at radius 2 is 1.71 bits per heavy atom. The molecule has 0 aromatic heterocycles. The van der Waals surface area contributed by atoms with Crippen molar-refractivity contribution >= 4 is 0 Å². The van der Waals surface area contributed by atoms with E-state index < -0.39 is 0 Å². The molecule has 0 radical (unpaired) electrons. The van der Waals surface area contributed by atoms with Crippen molar-refractivity contribution < 1.29 is 4.74 Å². The minimum atomic E-state index is 0.456. The standard InChI is InChI=1S/C19H25NO/c1-16(15-18-12-6-7-13-19(18)21-2)20-14-8-11-17-9-4-3-5-10-17/h3-7,9-10,12-13,16,20H,8,11,14-15H2,1-2H3. The SMILES string of the molecule is COc1ccccc1CC(C)NCCCc1ccccc1. The molecule has 2 rings (SSSR count). The van der Waals surface area contributed by atoms with Crippen LogP contribution in [0.2, 0.25) is 0 Å². The van der Waals surface area contributed by atoms with Gasteiger partial charge in [-0.2, -0.15) is 0 Å². The number of hydrogen-bond donors (Lipinski definition) is 1. The van der Waals surface area contributed by atoms with Crippen LogP contribution >= 0.6 is 0 Å². The second kappa shape index (κ2) is 8.48. The Morgan fingerprint density at radius 3 is 2.48 bits per heavy atom. The van der Waals surface area contributed by atoms with Crippen LogP contribution in [0.5, 0.6) is 5.75 Å². The maximum Gasteiger partial charge on any atom is 0.122 e. The monoisotopic (exact) mass is 283 g/mol. The first-order valence-electron chi connectivity index (χ1n) is 7.69. The normalized spacial score (nSPS) is 12.1. The second-order valence-electron chi connectivity index (χ2n) is 5.46. The molecule has 21 heavy (non-hydrogen) atoms. The first kappa shape index (κ1) is 15.6. The van der Waals surface area contributed by atoms with Crippen molar-refractivity contribution in [3.05, 3.63) is 65.7 Å². The Bertz CT molecular complexity index is 524. The average Bonchev–Trinajstić information content (AvgIpc) is 2.53. The fraction of sp³-hybridized carbons (Fsp3) is 0.368. The van der Waals surface area contributed by atoms with E-state index in [0.717, 1.165) is 25.1 Å². The van der Waals surface area contributed by atoms with Crippen LogP contribution in [-0.2, 0) is 12.8 Å². The van der Waals surface area contributed by atoms with Crippen LogP contribution in [0.15, 0.2) is 54.6 Å². The van der Waals surface area contributed by atoms with E-state index in [1.54, 1.807) is 7.11 Å². The predicted molar refractivity (Wildman–Crippen MR) is 88.9 cm³/mol. The van der Waals surface area contributed by atoms with Crippen LogP contribution in [0.4, 0.5) is 0 Å². The highest BCUT2D eigenvalue weighted by Crippen LogP contribution is 2.18. The van der Waals surface area contributed by atoms with Gasteiger partial charge in [0.25, 0.3) is 0 Å². The molecule has 2 heteroatoms. The summed E-state index contributed by atoms with van der Waals surface area (Å²) >= 11 is 0. The Balaban J connectivity index is 1.71. The lowest BCUT2D eigenvalue weighted by Crippen LogP contribution is -2.29. The largest absolute Gasteiger partial charge is 0.496 e. The zero-order valence-electron chi connectivity index (χ0n) is 13.0. The van der Waals surface area contributed by atoms with Gasteiger partial charge in [-0.3, -0.25) is 0 Å². The zero-order valence-corrected chi connectivity index (χ0v) is 13.0. The van der Waals surface area contributed by atoms with E-state index in [1.807, 2.05) is 12.1 Å². The number of benzene rings is 2. The lowest BCUT2D eigenvalue weighted by Gasteiger charge is -2.15. The lowest BCUT2D eigenvalue weighted by atomic mass is 10.1. The molecule has 0 saturated heterocycles. The highest BCUT2D eigenvalue weighted by Gasteiger charge is 2.07. The number of ether oxygens (including phenoxy) is 1. The van der Waals surface area contributed by atoms with Gasteiger partial charge in [-0.05, 0) is 49.9 Å². The summed E-state index contributed by atoms with van der Waals surface area (Å²) in [5, 5.41) is 3.60. The number of methoxy groups -OCH3 is 1. The molecular formula is C19H25NO. The predicted octanol–water partition coefficient (Wildman–Crippen LogP) is 3.85. The third-order valence-corrected chi connectivity index (χ3v) is 3.70. The van der Waals surface area contributed by atoms with Crippen LogP contribution in [0.25, 0.3) is 0 Å². The minimum Gasteiger partial charge on any atom is -0.496 e. The molecule has 2 nitrogen and oxygen atoms in total. The molecule has 2 aromatic rings. The molecule has 1 atom stereocenters. The number of aryl methyl sites for hydroxylation is 1. The molecule has 2 aromatic carbocycles. The van der Waals surface area contributed by atoms with E-state index in [1.165, 1.54) is 17.5 Å². The summed E-state index contributed by atoms with van der Waals surface area (Å²) in [6.07, 6.45) is 3.30. The van der Waals surface area contributed by atoms with Crippen molar-refractivity contribution in [3.8, 4) is 5.75 Å². The van der Waals surface area contributed by atoms with E-state index in [9.17, 15) is 0 Å². The van der Waals surface area contributed by atoms with Gasteiger partial charge < -0.3 is 10.1 Å². The quantitative estimate of drug-likeness (QED) is 0.743. The molecule has 1 unspecified atom stereocenters. The van der Waals surface area contributed by atoms with E-state index in [0.29, 0.717) is 6.04 Å². The smallest absolute Gasteiger partial charge is 0.122 e. The lowest BCUT2D eigenvalue weighted by molar-refractivity contribution is 0.406. The maximum absolute atomic E-state index is 5.40. The van der Waals surface area contributed by atoms with Crippen molar-refractivity contribution in [2.75, 3.05) is 13.7 Å². The van der Waals surface area contributed by atoms with Gasteiger partial charge >= 0.3 is 0 Å². The molecular weight excluding hydrogens is 258 g/mol. The van der Waals surface area contributed by atoms with Gasteiger partial charge in [-0.25, -0.2) is 0 Å². The van der Waals surface area contributed by atoms with E-state index in [-0.39, 0.29) is 0 Å². The fourth-order valence-electron chi connectivity index (χ4n) is 2.56. The van der Waals surface area contributed by atoms with Crippen LogP contribution in [0.3, 0.4) is 0 Å². The topological polar surface area (TPSA) is 21.3 Å². The zero-order chi connectivity index (χ0) is 14.9. The number of hydrogen-bond acceptors (Lipinski definition) is 2. The van der Waals surface area contributed by atoms with Crippen molar-refractivity contribution in [2.24, 2.45) is 0 Å². The molecule has 0 saturated carbocycles. The molecule has 0 aliphatic rings. The second-order valence-corrected chi connectivity index (χ2v) is 5.46. The molecule has 0 spiro atoms. The number of rotatable bonds is 8. The molecule has 0 aliphatic heterocycles.